The summed E-state index contributed by atoms with van der Waals surface area (Å²) >= 11 is 1.46. The molecule has 0 radical (unpaired) electrons. The van der Waals surface area contributed by atoms with E-state index in [1.165, 1.54) is 11.3 Å². The van der Waals surface area contributed by atoms with Crippen LogP contribution in [0.3, 0.4) is 0 Å². The molecule has 1 aromatic carbocycles. The Hall–Kier alpha value is -2.54. The Morgan fingerprint density at radius 3 is 2.74 bits per heavy atom. The van der Waals surface area contributed by atoms with Crippen LogP contribution in [-0.4, -0.2) is 27.8 Å². The van der Waals surface area contributed by atoms with Gasteiger partial charge in [0.2, 0.25) is 0 Å². The molecule has 23 heavy (non-hydrogen) atoms. The van der Waals surface area contributed by atoms with Gasteiger partial charge in [0.15, 0.2) is 11.5 Å². The zero-order chi connectivity index (χ0) is 16.5. The van der Waals surface area contributed by atoms with E-state index in [0.29, 0.717) is 18.7 Å². The molecule has 2 heterocycles. The van der Waals surface area contributed by atoms with Gasteiger partial charge in [0.05, 0.1) is 0 Å². The fourth-order valence-electron chi connectivity index (χ4n) is 1.80. The molecule has 0 aliphatic heterocycles. The van der Waals surface area contributed by atoms with Crippen LogP contribution in [0.1, 0.15) is 29.3 Å². The molecule has 0 spiro atoms. The highest BCUT2D eigenvalue weighted by Crippen LogP contribution is 2.19. The Bertz CT molecular complexity index is 711. The van der Waals surface area contributed by atoms with Gasteiger partial charge in [-0.05, 0) is 0 Å². The van der Waals surface area contributed by atoms with Gasteiger partial charge < -0.3 is 9.84 Å². The van der Waals surface area contributed by atoms with Crippen molar-refractivity contribution in [2.45, 2.75) is 20.3 Å². The average Bonchev–Trinajstić information content (AvgIpc) is 3.29. The van der Waals surface area contributed by atoms with Gasteiger partial charge in [-0.15, -0.1) is 21.5 Å². The number of rotatable bonds is 5. The predicted octanol–water partition coefficient (Wildman–Crippen LogP) is 3.19. The minimum atomic E-state index is -0.259. The van der Waals surface area contributed by atoms with E-state index in [9.17, 15) is 4.79 Å². The second-order valence-corrected chi connectivity index (χ2v) is 5.20. The molecule has 0 unspecified atom stereocenters. The standard InChI is InChI=1S/C14H12N4O2S.C2H6/c19-14(15-7-6-13-17-16-9-21-13)11-8-12(20-18-11)10-4-2-1-3-5-10;1-2/h1-5,8-9H,6-7H2,(H,15,19);1-2H3. The number of hydrogen-bond acceptors (Lipinski definition) is 6. The van der Waals surface area contributed by atoms with Gasteiger partial charge in [-0.25, -0.2) is 0 Å². The van der Waals surface area contributed by atoms with Crippen LogP contribution in [0.15, 0.2) is 46.4 Å². The van der Waals surface area contributed by atoms with Gasteiger partial charge in [0.1, 0.15) is 10.5 Å². The topological polar surface area (TPSA) is 80.9 Å². The number of aromatic nitrogens is 3. The van der Waals surface area contributed by atoms with E-state index in [2.05, 4.69) is 20.7 Å². The Morgan fingerprint density at radius 2 is 2.04 bits per heavy atom. The maximum Gasteiger partial charge on any atom is 0.273 e. The fraction of sp³-hybridized carbons (Fsp3) is 0.250. The van der Waals surface area contributed by atoms with Crippen molar-refractivity contribution in [2.75, 3.05) is 6.54 Å². The highest BCUT2D eigenvalue weighted by atomic mass is 32.1. The Kier molecular flexibility index (Phi) is 6.43. The molecule has 0 bridgehead atoms. The van der Waals surface area contributed by atoms with Gasteiger partial charge in [0.25, 0.3) is 5.91 Å². The summed E-state index contributed by atoms with van der Waals surface area (Å²) in [5.41, 5.74) is 2.82. The number of amides is 1. The van der Waals surface area contributed by atoms with Gasteiger partial charge in [-0.2, -0.15) is 0 Å². The van der Waals surface area contributed by atoms with Crippen molar-refractivity contribution < 1.29 is 9.32 Å². The van der Waals surface area contributed by atoms with Crippen LogP contribution in [-0.2, 0) is 6.42 Å². The fourth-order valence-corrected chi connectivity index (χ4v) is 2.33. The van der Waals surface area contributed by atoms with Crippen molar-refractivity contribution in [1.29, 1.82) is 0 Å². The lowest BCUT2D eigenvalue weighted by Crippen LogP contribution is -2.25. The zero-order valence-electron chi connectivity index (χ0n) is 13.0. The van der Waals surface area contributed by atoms with Gasteiger partial charge >= 0.3 is 0 Å². The second-order valence-electron chi connectivity index (χ2n) is 4.28. The molecule has 0 saturated carbocycles. The molecule has 6 nitrogen and oxygen atoms in total. The summed E-state index contributed by atoms with van der Waals surface area (Å²) in [4.78, 5) is 12.0. The van der Waals surface area contributed by atoms with Crippen LogP contribution < -0.4 is 5.32 Å². The number of nitrogens with one attached hydrogen (secondary N) is 1. The number of hydrogen-bond donors (Lipinski definition) is 1. The molecule has 3 rings (SSSR count). The molecule has 0 atom stereocenters. The Labute approximate surface area is 138 Å². The largest absolute Gasteiger partial charge is 0.355 e. The van der Waals surface area contributed by atoms with E-state index in [1.54, 1.807) is 11.6 Å². The van der Waals surface area contributed by atoms with Crippen molar-refractivity contribution in [3.05, 3.63) is 52.6 Å². The lowest BCUT2D eigenvalue weighted by Gasteiger charge is -1.99. The van der Waals surface area contributed by atoms with Crippen molar-refractivity contribution in [3.8, 4) is 11.3 Å². The van der Waals surface area contributed by atoms with Gasteiger partial charge in [0, 0.05) is 24.6 Å². The molecule has 0 saturated heterocycles. The molecule has 3 aromatic rings. The van der Waals surface area contributed by atoms with E-state index < -0.39 is 0 Å². The van der Waals surface area contributed by atoms with E-state index in [0.717, 1.165) is 10.6 Å². The van der Waals surface area contributed by atoms with E-state index in [-0.39, 0.29) is 11.6 Å². The average molecular weight is 330 g/mol. The molecular weight excluding hydrogens is 312 g/mol. The van der Waals surface area contributed by atoms with Crippen LogP contribution in [0, 0.1) is 0 Å². The van der Waals surface area contributed by atoms with Crippen LogP contribution in [0.5, 0.6) is 0 Å². The third-order valence-corrected chi connectivity index (χ3v) is 3.59. The zero-order valence-corrected chi connectivity index (χ0v) is 13.8. The first-order chi connectivity index (χ1) is 11.3. The smallest absolute Gasteiger partial charge is 0.273 e. The minimum absolute atomic E-state index is 0.259. The lowest BCUT2D eigenvalue weighted by molar-refractivity contribution is 0.0945. The highest BCUT2D eigenvalue weighted by Gasteiger charge is 2.13. The Balaban J connectivity index is 0.000000924. The molecule has 120 valence electrons. The molecule has 0 aliphatic carbocycles. The van der Waals surface area contributed by atoms with Crippen molar-refractivity contribution >= 4 is 17.2 Å². The number of carbonyl (C=O) groups excluding carboxylic acids is 1. The van der Waals surface area contributed by atoms with Crippen molar-refractivity contribution in [1.82, 2.24) is 20.7 Å². The summed E-state index contributed by atoms with van der Waals surface area (Å²) in [5.74, 6) is 0.315. The maximum atomic E-state index is 12.0. The van der Waals surface area contributed by atoms with E-state index in [1.807, 2.05) is 44.2 Å². The summed E-state index contributed by atoms with van der Waals surface area (Å²) < 4.78 is 5.19. The van der Waals surface area contributed by atoms with Crippen LogP contribution >= 0.6 is 11.3 Å². The summed E-state index contributed by atoms with van der Waals surface area (Å²) in [6, 6.07) is 11.2. The minimum Gasteiger partial charge on any atom is -0.355 e. The molecular formula is C16H18N4O2S. The van der Waals surface area contributed by atoms with Crippen LogP contribution in [0.25, 0.3) is 11.3 Å². The second kappa shape index (κ2) is 8.79. The van der Waals surface area contributed by atoms with Gasteiger partial charge in [-0.1, -0.05) is 49.3 Å². The highest BCUT2D eigenvalue weighted by molar-refractivity contribution is 7.09. The van der Waals surface area contributed by atoms with E-state index >= 15 is 0 Å². The monoisotopic (exact) mass is 330 g/mol. The van der Waals surface area contributed by atoms with Gasteiger partial charge in [-0.3, -0.25) is 4.79 Å². The summed E-state index contributed by atoms with van der Waals surface area (Å²) in [6.07, 6.45) is 0.653. The number of nitrogens with zero attached hydrogens (tertiary/aromatic N) is 3. The summed E-state index contributed by atoms with van der Waals surface area (Å²) in [6.45, 7) is 4.49. The molecule has 2 aromatic heterocycles. The third kappa shape index (κ3) is 4.72. The van der Waals surface area contributed by atoms with Crippen LogP contribution in [0.2, 0.25) is 0 Å². The molecule has 0 fully saturated rings. The van der Waals surface area contributed by atoms with Crippen LogP contribution in [0.4, 0.5) is 0 Å². The third-order valence-electron chi connectivity index (χ3n) is 2.83. The van der Waals surface area contributed by atoms with Crippen molar-refractivity contribution in [2.24, 2.45) is 0 Å². The normalized spacial score (nSPS) is 9.83. The molecule has 1 N–H and O–H groups in total. The summed E-state index contributed by atoms with van der Waals surface area (Å²) in [7, 11) is 0. The predicted molar refractivity (Wildman–Crippen MR) is 89.2 cm³/mol. The number of carbonyl (C=O) groups is 1. The molecule has 0 aliphatic rings. The SMILES string of the molecule is CC.O=C(NCCc1nncs1)c1cc(-c2ccccc2)on1. The molecule has 1 amide bonds. The van der Waals surface area contributed by atoms with E-state index in [4.69, 9.17) is 4.52 Å². The quantitative estimate of drug-likeness (QED) is 0.777. The molecule has 7 heteroatoms. The van der Waals surface area contributed by atoms with Crippen molar-refractivity contribution in [3.63, 3.8) is 0 Å². The first-order valence-corrected chi connectivity index (χ1v) is 8.26. The first kappa shape index (κ1) is 16.8. The lowest BCUT2D eigenvalue weighted by atomic mass is 10.1. The Morgan fingerprint density at radius 1 is 1.26 bits per heavy atom. The first-order valence-electron chi connectivity index (χ1n) is 7.38. The maximum absolute atomic E-state index is 12.0. The number of benzene rings is 1. The summed E-state index contributed by atoms with van der Waals surface area (Å²) in [5, 5.41) is 15.1.